The van der Waals surface area contributed by atoms with Crippen molar-refractivity contribution in [2.24, 2.45) is 0 Å². The molecule has 0 aromatic heterocycles. The van der Waals surface area contributed by atoms with Crippen LogP contribution in [0.15, 0.2) is 0 Å². The van der Waals surface area contributed by atoms with Crippen molar-refractivity contribution in [1.82, 2.24) is 0 Å². The van der Waals surface area contributed by atoms with Crippen LogP contribution in [0, 0.1) is 0 Å². The molecule has 0 N–H and O–H groups in total. The molecule has 0 aromatic rings. The molecule has 1 fully saturated rings. The molecule has 2 unspecified atom stereocenters. The molecule has 62 valence electrons. The van der Waals surface area contributed by atoms with Gasteiger partial charge in [-0.3, -0.25) is 0 Å². The molecule has 1 rings (SSSR count). The number of thiol groups is 2. The van der Waals surface area contributed by atoms with E-state index in [1.54, 1.807) is 0 Å². The Bertz CT molecular complexity index is 77.7. The zero-order valence-electron chi connectivity index (χ0n) is 5.29. The molecule has 0 saturated carbocycles. The molecular formula is C7H16S2Se. The zero-order chi connectivity index (χ0) is 6.69. The topological polar surface area (TPSA) is 0 Å². The monoisotopic (exact) mass is 244 g/mol. The average molecular weight is 243 g/mol. The van der Waals surface area contributed by atoms with Crippen molar-refractivity contribution < 1.29 is 0 Å². The van der Waals surface area contributed by atoms with Gasteiger partial charge in [0.2, 0.25) is 0 Å². The van der Waals surface area contributed by atoms with E-state index in [2.05, 4.69) is 25.3 Å². The Kier molecular flexibility index (Phi) is 6.53. The molecule has 0 bridgehead atoms. The van der Waals surface area contributed by atoms with Gasteiger partial charge in [-0.25, -0.2) is 0 Å². The van der Waals surface area contributed by atoms with Crippen molar-refractivity contribution in [3.63, 3.8) is 0 Å². The van der Waals surface area contributed by atoms with Crippen LogP contribution in [0.3, 0.4) is 0 Å². The van der Waals surface area contributed by atoms with Crippen molar-refractivity contribution in [2.45, 2.75) is 29.9 Å². The van der Waals surface area contributed by atoms with Crippen LogP contribution in [-0.4, -0.2) is 26.5 Å². The van der Waals surface area contributed by atoms with Gasteiger partial charge in [-0.2, -0.15) is 0 Å². The molecule has 2 atom stereocenters. The molecule has 0 aliphatic carbocycles. The van der Waals surface area contributed by atoms with Gasteiger partial charge in [-0.15, -0.1) is 0 Å². The summed E-state index contributed by atoms with van der Waals surface area (Å²) in [5, 5.41) is 0. The number of hydrogen-bond donors (Lipinski definition) is 2. The van der Waals surface area contributed by atoms with Gasteiger partial charge in [0.15, 0.2) is 0 Å². The van der Waals surface area contributed by atoms with Crippen LogP contribution in [0.1, 0.15) is 20.3 Å². The van der Waals surface area contributed by atoms with Gasteiger partial charge >= 0.3 is 74.2 Å². The third kappa shape index (κ3) is 3.08. The quantitative estimate of drug-likeness (QED) is 0.540. The summed E-state index contributed by atoms with van der Waals surface area (Å²) in [5.74, 6) is 2.20. The molecule has 0 amide bonds. The Morgan fingerprint density at radius 3 is 1.70 bits per heavy atom. The van der Waals surface area contributed by atoms with Gasteiger partial charge in [0.1, 0.15) is 0 Å². The third-order valence-electron chi connectivity index (χ3n) is 1.60. The Balaban J connectivity index is 0.000000810. The minimum atomic E-state index is 0. The van der Waals surface area contributed by atoms with E-state index in [9.17, 15) is 0 Å². The van der Waals surface area contributed by atoms with Gasteiger partial charge in [0.25, 0.3) is 0 Å². The molecule has 1 aliphatic heterocycles. The second kappa shape index (κ2) is 5.82. The van der Waals surface area contributed by atoms with Crippen molar-refractivity contribution in [2.75, 3.05) is 11.5 Å². The molecule has 1 heterocycles. The summed E-state index contributed by atoms with van der Waals surface area (Å²) in [6, 6.07) is 0. The maximum atomic E-state index is 4.29. The molecule has 3 heteroatoms. The predicted octanol–water partition coefficient (Wildman–Crippen LogP) is 2.56. The first kappa shape index (κ1) is 11.2. The minimum absolute atomic E-state index is 0. The normalized spacial score (nSPS) is 31.8. The fourth-order valence-electron chi connectivity index (χ4n) is 1.05. The van der Waals surface area contributed by atoms with E-state index in [-0.39, 0.29) is 7.43 Å². The summed E-state index contributed by atoms with van der Waals surface area (Å²) < 4.78 is 0. The summed E-state index contributed by atoms with van der Waals surface area (Å²) in [4.78, 5) is 1.91. The van der Waals surface area contributed by atoms with Crippen LogP contribution in [0.5, 0.6) is 0 Å². The second-order valence-corrected chi connectivity index (χ2v) is 6.42. The van der Waals surface area contributed by atoms with Crippen LogP contribution in [0.2, 0.25) is 9.63 Å². The first-order valence-corrected chi connectivity index (χ1v) is 6.48. The molecule has 0 spiro atoms. The van der Waals surface area contributed by atoms with Crippen LogP contribution in [0.25, 0.3) is 0 Å². The van der Waals surface area contributed by atoms with Gasteiger partial charge in [-0.05, 0) is 0 Å². The first-order chi connectivity index (χ1) is 4.36. The average Bonchev–Trinajstić information content (AvgIpc) is 2.34. The molecular weight excluding hydrogens is 227 g/mol. The van der Waals surface area contributed by atoms with E-state index in [1.165, 1.54) is 12.8 Å². The van der Waals surface area contributed by atoms with E-state index in [0.29, 0.717) is 0 Å². The first-order valence-electron chi connectivity index (χ1n) is 3.24. The Morgan fingerprint density at radius 2 is 1.50 bits per heavy atom. The Hall–Kier alpha value is 1.22. The molecule has 0 aromatic carbocycles. The van der Waals surface area contributed by atoms with Gasteiger partial charge in [0, 0.05) is 0 Å². The fourth-order valence-corrected chi connectivity index (χ4v) is 4.95. The van der Waals surface area contributed by atoms with E-state index in [0.717, 1.165) is 36.1 Å². The van der Waals surface area contributed by atoms with E-state index in [4.69, 9.17) is 0 Å². The van der Waals surface area contributed by atoms with Crippen LogP contribution >= 0.6 is 25.3 Å². The number of rotatable bonds is 2. The summed E-state index contributed by atoms with van der Waals surface area (Å²) in [6.07, 6.45) is 2.82. The van der Waals surface area contributed by atoms with E-state index in [1.807, 2.05) is 0 Å². The molecule has 0 nitrogen and oxygen atoms in total. The van der Waals surface area contributed by atoms with Crippen LogP contribution in [-0.2, 0) is 0 Å². The zero-order valence-corrected chi connectivity index (χ0v) is 8.79. The molecule has 0 radical (unpaired) electrons. The van der Waals surface area contributed by atoms with E-state index < -0.39 is 0 Å². The van der Waals surface area contributed by atoms with Gasteiger partial charge in [0.05, 0.1) is 0 Å². The van der Waals surface area contributed by atoms with Crippen LogP contribution < -0.4 is 0 Å². The fraction of sp³-hybridized carbons (Fsp3) is 1.00. The van der Waals surface area contributed by atoms with Gasteiger partial charge < -0.3 is 0 Å². The standard InChI is InChI=1S/C6H12S2Se.CH4/c7-3-5-1-2-6(4-8)9-5;/h5-8H,1-4H2;1H4. The summed E-state index contributed by atoms with van der Waals surface area (Å²) >= 11 is 9.42. The predicted molar refractivity (Wildman–Crippen MR) is 56.9 cm³/mol. The molecule has 1 aliphatic rings. The second-order valence-electron chi connectivity index (χ2n) is 2.32. The Labute approximate surface area is 81.5 Å². The molecule has 10 heavy (non-hydrogen) atoms. The summed E-state index contributed by atoms with van der Waals surface area (Å²) in [7, 11) is 0. The Morgan fingerprint density at radius 1 is 1.10 bits per heavy atom. The van der Waals surface area contributed by atoms with Crippen molar-refractivity contribution in [1.29, 1.82) is 0 Å². The van der Waals surface area contributed by atoms with Crippen molar-refractivity contribution in [3.05, 3.63) is 0 Å². The maximum absolute atomic E-state index is 4.29. The molecule has 1 saturated heterocycles. The van der Waals surface area contributed by atoms with Gasteiger partial charge in [-0.1, -0.05) is 7.43 Å². The summed E-state index contributed by atoms with van der Waals surface area (Å²) in [5.41, 5.74) is 0. The van der Waals surface area contributed by atoms with Crippen molar-refractivity contribution >= 4 is 40.2 Å². The number of hydrogen-bond acceptors (Lipinski definition) is 2. The third-order valence-corrected chi connectivity index (χ3v) is 6.90. The SMILES string of the molecule is C.SCC1CCC(CS)[Se]1. The van der Waals surface area contributed by atoms with E-state index >= 15 is 0 Å². The van der Waals surface area contributed by atoms with Crippen molar-refractivity contribution in [3.8, 4) is 0 Å². The van der Waals surface area contributed by atoms with Crippen LogP contribution in [0.4, 0.5) is 0 Å². The summed E-state index contributed by atoms with van der Waals surface area (Å²) in [6.45, 7) is 0.